The first kappa shape index (κ1) is 17.1. The first-order chi connectivity index (χ1) is 11.1. The lowest BCUT2D eigenvalue weighted by atomic mass is 10.2. The third-order valence-corrected chi connectivity index (χ3v) is 3.59. The number of ether oxygens (including phenoxy) is 1. The normalized spacial score (nSPS) is 18.2. The highest BCUT2D eigenvalue weighted by atomic mass is 19.3. The smallest absolute Gasteiger partial charge is 0.387 e. The first-order valence-electron chi connectivity index (χ1n) is 7.51. The molecule has 23 heavy (non-hydrogen) atoms. The maximum absolute atomic E-state index is 12.5. The van der Waals surface area contributed by atoms with Crippen molar-refractivity contribution in [2.75, 3.05) is 31.6 Å². The van der Waals surface area contributed by atoms with Gasteiger partial charge in [0.2, 0.25) is 0 Å². The van der Waals surface area contributed by atoms with Crippen molar-refractivity contribution in [3.05, 3.63) is 36.9 Å². The van der Waals surface area contributed by atoms with E-state index in [1.54, 1.807) is 31.3 Å². The van der Waals surface area contributed by atoms with Crippen molar-refractivity contribution >= 4 is 11.6 Å². The molecule has 2 rings (SSSR count). The van der Waals surface area contributed by atoms with Gasteiger partial charge in [0, 0.05) is 32.7 Å². The minimum atomic E-state index is -2.82. The number of guanidine groups is 1. The molecule has 7 heteroatoms. The summed E-state index contributed by atoms with van der Waals surface area (Å²) in [6, 6.07) is 7.05. The maximum Gasteiger partial charge on any atom is 0.387 e. The number of aliphatic imine (C=N–C) groups is 1. The summed E-state index contributed by atoms with van der Waals surface area (Å²) in [5.41, 5.74) is 0.686. The van der Waals surface area contributed by atoms with E-state index in [2.05, 4.69) is 26.9 Å². The van der Waals surface area contributed by atoms with Crippen molar-refractivity contribution in [1.29, 1.82) is 0 Å². The van der Waals surface area contributed by atoms with Crippen LogP contribution in [0.1, 0.15) is 6.42 Å². The Morgan fingerprint density at radius 2 is 2.30 bits per heavy atom. The summed E-state index contributed by atoms with van der Waals surface area (Å²) in [6.45, 7) is 2.91. The van der Waals surface area contributed by atoms with Gasteiger partial charge in [0.15, 0.2) is 5.96 Å². The average Bonchev–Trinajstić information content (AvgIpc) is 2.99. The van der Waals surface area contributed by atoms with Crippen LogP contribution in [0.2, 0.25) is 0 Å². The molecule has 5 nitrogen and oxygen atoms in total. The molecule has 1 aliphatic rings. The molecule has 1 saturated heterocycles. The van der Waals surface area contributed by atoms with Crippen LogP contribution in [-0.4, -0.2) is 45.3 Å². The molecule has 2 N–H and O–H groups in total. The van der Waals surface area contributed by atoms with Crippen molar-refractivity contribution in [2.45, 2.75) is 19.1 Å². The van der Waals surface area contributed by atoms with E-state index in [9.17, 15) is 8.78 Å². The summed E-state index contributed by atoms with van der Waals surface area (Å²) < 4.78 is 29.6. The average molecular weight is 324 g/mol. The summed E-state index contributed by atoms with van der Waals surface area (Å²) in [4.78, 5) is 6.19. The van der Waals surface area contributed by atoms with Gasteiger partial charge in [-0.25, -0.2) is 0 Å². The topological polar surface area (TPSA) is 48.9 Å². The van der Waals surface area contributed by atoms with Crippen LogP contribution in [0.4, 0.5) is 14.5 Å². The van der Waals surface area contributed by atoms with Gasteiger partial charge in [-0.05, 0) is 18.6 Å². The predicted octanol–water partition coefficient (Wildman–Crippen LogP) is 2.22. The fraction of sp³-hybridized carbons (Fsp3) is 0.438. The van der Waals surface area contributed by atoms with E-state index in [4.69, 9.17) is 0 Å². The van der Waals surface area contributed by atoms with Crippen LogP contribution in [0.25, 0.3) is 0 Å². The lowest BCUT2D eigenvalue weighted by Gasteiger charge is -2.22. The highest BCUT2D eigenvalue weighted by Gasteiger charge is 2.25. The van der Waals surface area contributed by atoms with Gasteiger partial charge in [-0.2, -0.15) is 8.78 Å². The molecule has 0 radical (unpaired) electrons. The lowest BCUT2D eigenvalue weighted by molar-refractivity contribution is -0.0495. The number of nitrogens with zero attached hydrogens (tertiary/aromatic N) is 2. The Morgan fingerprint density at radius 1 is 1.52 bits per heavy atom. The van der Waals surface area contributed by atoms with Crippen molar-refractivity contribution in [2.24, 2.45) is 4.99 Å². The summed E-state index contributed by atoms with van der Waals surface area (Å²) >= 11 is 0. The van der Waals surface area contributed by atoms with Crippen LogP contribution >= 0.6 is 0 Å². The van der Waals surface area contributed by atoms with E-state index in [-0.39, 0.29) is 11.8 Å². The molecule has 0 spiro atoms. The number of hydrogen-bond acceptors (Lipinski definition) is 3. The Labute approximate surface area is 135 Å². The minimum Gasteiger partial charge on any atom is -0.433 e. The van der Waals surface area contributed by atoms with Crippen LogP contribution in [0.15, 0.2) is 41.9 Å². The van der Waals surface area contributed by atoms with Gasteiger partial charge in [-0.15, -0.1) is 6.58 Å². The van der Waals surface area contributed by atoms with Crippen LogP contribution in [-0.2, 0) is 0 Å². The van der Waals surface area contributed by atoms with Gasteiger partial charge in [0.05, 0.1) is 5.69 Å². The highest BCUT2D eigenvalue weighted by Crippen LogP contribution is 2.31. The summed E-state index contributed by atoms with van der Waals surface area (Å²) in [7, 11) is 1.71. The molecule has 1 aliphatic heterocycles. The van der Waals surface area contributed by atoms with Crippen LogP contribution < -0.4 is 20.3 Å². The molecule has 0 aliphatic carbocycles. The fourth-order valence-corrected chi connectivity index (χ4v) is 2.57. The molecule has 1 atom stereocenters. The Hall–Kier alpha value is -2.31. The summed E-state index contributed by atoms with van der Waals surface area (Å²) in [5.74, 6) is 0.909. The number of benzene rings is 1. The minimum absolute atomic E-state index is 0.186. The zero-order chi connectivity index (χ0) is 16.7. The monoisotopic (exact) mass is 324 g/mol. The number of hydrogen-bond donors (Lipinski definition) is 2. The molecule has 0 bridgehead atoms. The number of halogens is 2. The molecule has 0 saturated carbocycles. The van der Waals surface area contributed by atoms with Crippen molar-refractivity contribution in [3.63, 3.8) is 0 Å². The zero-order valence-electron chi connectivity index (χ0n) is 13.1. The largest absolute Gasteiger partial charge is 0.433 e. The number of nitrogens with one attached hydrogen (secondary N) is 2. The molecular weight excluding hydrogens is 302 g/mol. The number of alkyl halides is 2. The first-order valence-corrected chi connectivity index (χ1v) is 7.51. The van der Waals surface area contributed by atoms with Crippen LogP contribution in [0, 0.1) is 0 Å². The van der Waals surface area contributed by atoms with Gasteiger partial charge < -0.3 is 20.3 Å². The molecular formula is C16H22F2N4O. The molecule has 1 unspecified atom stereocenters. The van der Waals surface area contributed by atoms with E-state index in [0.717, 1.165) is 13.0 Å². The summed E-state index contributed by atoms with van der Waals surface area (Å²) in [6.07, 6.45) is 2.64. The van der Waals surface area contributed by atoms with Crippen molar-refractivity contribution < 1.29 is 13.5 Å². The maximum atomic E-state index is 12.5. The van der Waals surface area contributed by atoms with Crippen LogP contribution in [0.5, 0.6) is 5.75 Å². The number of rotatable bonds is 6. The van der Waals surface area contributed by atoms with Gasteiger partial charge >= 0.3 is 6.61 Å². The van der Waals surface area contributed by atoms with Crippen molar-refractivity contribution in [3.8, 4) is 5.75 Å². The third-order valence-electron chi connectivity index (χ3n) is 3.59. The van der Waals surface area contributed by atoms with Gasteiger partial charge in [-0.1, -0.05) is 18.2 Å². The molecule has 0 amide bonds. The molecule has 1 heterocycles. The molecule has 0 aromatic heterocycles. The quantitative estimate of drug-likeness (QED) is 0.479. The van der Waals surface area contributed by atoms with E-state index in [1.165, 1.54) is 0 Å². The second-order valence-corrected chi connectivity index (χ2v) is 5.16. The molecule has 1 fully saturated rings. The standard InChI is InChI=1S/C16H22F2N4O/c1-3-9-20-16(19-2)21-12-8-10-22(11-12)13-6-4-5-7-14(13)23-15(17)18/h3-7,12,15H,1,8-11H2,2H3,(H2,19,20,21). The van der Waals surface area contributed by atoms with Crippen molar-refractivity contribution in [1.82, 2.24) is 10.6 Å². The predicted molar refractivity (Wildman–Crippen MR) is 88.4 cm³/mol. The Balaban J connectivity index is 1.98. The Morgan fingerprint density at radius 3 is 3.00 bits per heavy atom. The molecule has 126 valence electrons. The SMILES string of the molecule is C=CCNC(=NC)NC1CCN(c2ccccc2OC(F)F)C1. The van der Waals surface area contributed by atoms with Crippen LogP contribution in [0.3, 0.4) is 0 Å². The van der Waals surface area contributed by atoms with E-state index in [0.29, 0.717) is 24.7 Å². The number of anilines is 1. The second kappa shape index (κ2) is 8.36. The van der Waals surface area contributed by atoms with E-state index >= 15 is 0 Å². The zero-order valence-corrected chi connectivity index (χ0v) is 13.1. The van der Waals surface area contributed by atoms with E-state index < -0.39 is 6.61 Å². The van der Waals surface area contributed by atoms with Gasteiger partial charge in [0.1, 0.15) is 5.75 Å². The highest BCUT2D eigenvalue weighted by molar-refractivity contribution is 5.80. The fourth-order valence-electron chi connectivity index (χ4n) is 2.57. The summed E-state index contributed by atoms with van der Waals surface area (Å²) in [5, 5.41) is 6.44. The van der Waals surface area contributed by atoms with E-state index in [1.807, 2.05) is 11.0 Å². The third kappa shape index (κ3) is 4.84. The molecule has 1 aromatic rings. The lowest BCUT2D eigenvalue weighted by Crippen LogP contribution is -2.44. The Bertz CT molecular complexity index is 551. The Kier molecular flexibility index (Phi) is 6.19. The van der Waals surface area contributed by atoms with Gasteiger partial charge in [0.25, 0.3) is 0 Å². The number of para-hydroxylation sites is 2. The molecule has 1 aromatic carbocycles. The second-order valence-electron chi connectivity index (χ2n) is 5.16. The van der Waals surface area contributed by atoms with Gasteiger partial charge in [-0.3, -0.25) is 4.99 Å².